The number of benzene rings is 2. The van der Waals surface area contributed by atoms with E-state index in [0.29, 0.717) is 11.1 Å². The highest BCUT2D eigenvalue weighted by molar-refractivity contribution is 6.36. The van der Waals surface area contributed by atoms with Gasteiger partial charge in [-0.2, -0.15) is 0 Å². The van der Waals surface area contributed by atoms with Crippen molar-refractivity contribution in [1.29, 1.82) is 0 Å². The van der Waals surface area contributed by atoms with Crippen molar-refractivity contribution in [3.63, 3.8) is 0 Å². The second-order valence-corrected chi connectivity index (χ2v) is 4.66. The van der Waals surface area contributed by atoms with E-state index in [9.17, 15) is 20.2 Å². The highest BCUT2D eigenvalue weighted by Crippen LogP contribution is 2.37. The molecule has 0 spiro atoms. The molecule has 0 aliphatic carbocycles. The van der Waals surface area contributed by atoms with Gasteiger partial charge in [0.05, 0.1) is 14.9 Å². The van der Waals surface area contributed by atoms with Gasteiger partial charge in [-0.25, -0.2) is 0 Å². The molecular weight excluding hydrogens is 307 g/mol. The maximum Gasteiger partial charge on any atom is 0.270 e. The SMILES string of the molecule is O=[N+]([O-])c1ccc(-c2cc([N+](=O)[O-])ccc2Cl)c(Cl)c1. The van der Waals surface area contributed by atoms with Gasteiger partial charge >= 0.3 is 0 Å². The van der Waals surface area contributed by atoms with E-state index >= 15 is 0 Å². The average Bonchev–Trinajstić information content (AvgIpc) is 2.39. The summed E-state index contributed by atoms with van der Waals surface area (Å²) >= 11 is 12.0. The fourth-order valence-electron chi connectivity index (χ4n) is 1.67. The summed E-state index contributed by atoms with van der Waals surface area (Å²) in [5.41, 5.74) is 0.436. The number of nitro benzene ring substituents is 2. The normalized spacial score (nSPS) is 10.3. The summed E-state index contributed by atoms with van der Waals surface area (Å²) in [6.45, 7) is 0. The van der Waals surface area contributed by atoms with Crippen LogP contribution in [0.5, 0.6) is 0 Å². The Bertz CT molecular complexity index is 719. The number of hydrogen-bond acceptors (Lipinski definition) is 4. The molecule has 2 rings (SSSR count). The number of non-ortho nitro benzene ring substituents is 2. The van der Waals surface area contributed by atoms with Gasteiger partial charge < -0.3 is 0 Å². The van der Waals surface area contributed by atoms with E-state index < -0.39 is 9.85 Å². The average molecular weight is 313 g/mol. The van der Waals surface area contributed by atoms with E-state index in [-0.39, 0.29) is 21.4 Å². The van der Waals surface area contributed by atoms with Gasteiger partial charge in [0, 0.05) is 40.4 Å². The first-order chi connectivity index (χ1) is 9.40. The van der Waals surface area contributed by atoms with E-state index in [0.717, 1.165) is 0 Å². The summed E-state index contributed by atoms with van der Waals surface area (Å²) < 4.78 is 0. The predicted octanol–water partition coefficient (Wildman–Crippen LogP) is 4.48. The zero-order valence-electron chi connectivity index (χ0n) is 9.75. The Morgan fingerprint density at radius 1 is 0.750 bits per heavy atom. The van der Waals surface area contributed by atoms with Crippen molar-refractivity contribution >= 4 is 34.6 Å². The van der Waals surface area contributed by atoms with Crippen LogP contribution in [0.4, 0.5) is 11.4 Å². The van der Waals surface area contributed by atoms with Crippen LogP contribution in [0, 0.1) is 20.2 Å². The van der Waals surface area contributed by atoms with Crippen molar-refractivity contribution in [2.45, 2.75) is 0 Å². The van der Waals surface area contributed by atoms with Crippen molar-refractivity contribution in [1.82, 2.24) is 0 Å². The Morgan fingerprint density at radius 3 is 1.85 bits per heavy atom. The maximum atomic E-state index is 10.8. The first-order valence-electron chi connectivity index (χ1n) is 5.28. The third kappa shape index (κ3) is 2.71. The molecule has 0 aromatic heterocycles. The Morgan fingerprint density at radius 2 is 1.30 bits per heavy atom. The van der Waals surface area contributed by atoms with Crippen molar-refractivity contribution in [3.8, 4) is 11.1 Å². The lowest BCUT2D eigenvalue weighted by molar-refractivity contribution is -0.384. The molecular formula is C12H6Cl2N2O4. The quantitative estimate of drug-likeness (QED) is 0.617. The van der Waals surface area contributed by atoms with E-state index in [1.54, 1.807) is 0 Å². The molecule has 0 unspecified atom stereocenters. The Kier molecular flexibility index (Phi) is 3.87. The first kappa shape index (κ1) is 14.2. The lowest BCUT2D eigenvalue weighted by atomic mass is 10.0. The minimum absolute atomic E-state index is 0.0987. The molecule has 102 valence electrons. The number of halogens is 2. The van der Waals surface area contributed by atoms with Crippen molar-refractivity contribution in [2.24, 2.45) is 0 Å². The van der Waals surface area contributed by atoms with Crippen LogP contribution in [0.25, 0.3) is 11.1 Å². The van der Waals surface area contributed by atoms with Gasteiger partial charge in [0.25, 0.3) is 11.4 Å². The van der Waals surface area contributed by atoms with E-state index in [1.807, 2.05) is 0 Å². The molecule has 6 nitrogen and oxygen atoms in total. The maximum absolute atomic E-state index is 10.8. The number of nitro groups is 2. The largest absolute Gasteiger partial charge is 0.270 e. The van der Waals surface area contributed by atoms with Crippen LogP contribution in [-0.4, -0.2) is 9.85 Å². The van der Waals surface area contributed by atoms with Crippen LogP contribution in [-0.2, 0) is 0 Å². The Hall–Kier alpha value is -2.18. The fraction of sp³-hybridized carbons (Fsp3) is 0. The highest BCUT2D eigenvalue weighted by atomic mass is 35.5. The molecule has 0 aliphatic rings. The van der Waals surface area contributed by atoms with Gasteiger partial charge in [-0.3, -0.25) is 20.2 Å². The minimum atomic E-state index is -0.579. The predicted molar refractivity (Wildman–Crippen MR) is 75.2 cm³/mol. The zero-order chi connectivity index (χ0) is 14.9. The summed E-state index contributed by atoms with van der Waals surface area (Å²) in [6, 6.07) is 7.76. The zero-order valence-corrected chi connectivity index (χ0v) is 11.3. The molecule has 0 bridgehead atoms. The van der Waals surface area contributed by atoms with Crippen molar-refractivity contribution in [3.05, 3.63) is 66.7 Å². The smallest absolute Gasteiger partial charge is 0.258 e. The Balaban J connectivity index is 2.59. The van der Waals surface area contributed by atoms with Gasteiger partial charge in [-0.05, 0) is 12.1 Å². The van der Waals surface area contributed by atoms with Gasteiger partial charge in [0.2, 0.25) is 0 Å². The molecule has 0 N–H and O–H groups in total. The fourth-order valence-corrected chi connectivity index (χ4v) is 2.17. The topological polar surface area (TPSA) is 86.3 Å². The number of nitrogens with zero attached hydrogens (tertiary/aromatic N) is 2. The third-order valence-corrected chi connectivity index (χ3v) is 3.26. The molecule has 0 aliphatic heterocycles. The van der Waals surface area contributed by atoms with Gasteiger partial charge in [-0.1, -0.05) is 23.2 Å². The molecule has 8 heteroatoms. The van der Waals surface area contributed by atoms with Crippen LogP contribution in [0.1, 0.15) is 0 Å². The van der Waals surface area contributed by atoms with Gasteiger partial charge in [0.15, 0.2) is 0 Å². The molecule has 0 radical (unpaired) electrons. The van der Waals surface area contributed by atoms with Gasteiger partial charge in [0.1, 0.15) is 0 Å². The second-order valence-electron chi connectivity index (χ2n) is 3.84. The number of hydrogen-bond donors (Lipinski definition) is 0. The summed E-state index contributed by atoms with van der Waals surface area (Å²) in [6.07, 6.45) is 0. The van der Waals surface area contributed by atoms with Crippen molar-refractivity contribution in [2.75, 3.05) is 0 Å². The monoisotopic (exact) mass is 312 g/mol. The lowest BCUT2D eigenvalue weighted by Gasteiger charge is -2.06. The Labute approximate surface area is 122 Å². The molecule has 0 saturated carbocycles. The van der Waals surface area contributed by atoms with E-state index in [1.165, 1.54) is 36.4 Å². The highest BCUT2D eigenvalue weighted by Gasteiger charge is 2.16. The van der Waals surface area contributed by atoms with Crippen molar-refractivity contribution < 1.29 is 9.85 Å². The second kappa shape index (κ2) is 5.44. The van der Waals surface area contributed by atoms with Crippen LogP contribution < -0.4 is 0 Å². The molecule has 0 fully saturated rings. The van der Waals surface area contributed by atoms with E-state index in [4.69, 9.17) is 23.2 Å². The summed E-state index contributed by atoms with van der Waals surface area (Å²) in [4.78, 5) is 20.3. The van der Waals surface area contributed by atoms with Crippen LogP contribution in [0.15, 0.2) is 36.4 Å². The first-order valence-corrected chi connectivity index (χ1v) is 6.04. The van der Waals surface area contributed by atoms with Crippen LogP contribution in [0.2, 0.25) is 10.0 Å². The lowest BCUT2D eigenvalue weighted by Crippen LogP contribution is -1.91. The molecule has 0 saturated heterocycles. The van der Waals surface area contributed by atoms with Gasteiger partial charge in [-0.15, -0.1) is 0 Å². The summed E-state index contributed by atoms with van der Waals surface area (Å²) in [5, 5.41) is 21.8. The molecule has 20 heavy (non-hydrogen) atoms. The molecule has 0 heterocycles. The summed E-state index contributed by atoms with van der Waals surface area (Å²) in [7, 11) is 0. The molecule has 2 aromatic rings. The van der Waals surface area contributed by atoms with E-state index in [2.05, 4.69) is 0 Å². The summed E-state index contributed by atoms with van der Waals surface area (Å²) in [5.74, 6) is 0. The molecule has 2 aromatic carbocycles. The van der Waals surface area contributed by atoms with Crippen LogP contribution >= 0.6 is 23.2 Å². The minimum Gasteiger partial charge on any atom is -0.258 e. The standard InChI is InChI=1S/C12H6Cl2N2O4/c13-11-4-2-7(15(17)18)5-10(11)9-3-1-8(16(19)20)6-12(9)14/h1-6H. The number of rotatable bonds is 3. The molecule has 0 amide bonds. The molecule has 0 atom stereocenters. The third-order valence-electron chi connectivity index (χ3n) is 2.61. The van der Waals surface area contributed by atoms with Crippen LogP contribution in [0.3, 0.4) is 0 Å².